The van der Waals surface area contributed by atoms with E-state index in [2.05, 4.69) is 10.2 Å². The van der Waals surface area contributed by atoms with E-state index in [0.717, 1.165) is 16.5 Å². The summed E-state index contributed by atoms with van der Waals surface area (Å²) in [5.41, 5.74) is -2.05. The molecule has 1 N–H and O–H groups in total. The first-order valence-electron chi connectivity index (χ1n) is 8.39. The quantitative estimate of drug-likeness (QED) is 0.782. The number of aliphatic carboxylic acids is 1. The van der Waals surface area contributed by atoms with Crippen molar-refractivity contribution in [2.45, 2.75) is 18.3 Å². The summed E-state index contributed by atoms with van der Waals surface area (Å²) < 4.78 is 39.6. The van der Waals surface area contributed by atoms with Crippen molar-refractivity contribution in [2.75, 3.05) is 13.1 Å². The fourth-order valence-electron chi connectivity index (χ4n) is 2.82. The molecule has 6 nitrogen and oxygen atoms in total. The van der Waals surface area contributed by atoms with Crippen LogP contribution in [0.5, 0.6) is 0 Å². The SMILES string of the molecule is O=C(O)CN(CCc1ccccc1)C(=O)c1cccc(C2(C(F)(F)F)N=N2)c1. The maximum atomic E-state index is 13.2. The van der Waals surface area contributed by atoms with Gasteiger partial charge in [-0.1, -0.05) is 42.5 Å². The van der Waals surface area contributed by atoms with Crippen molar-refractivity contribution in [3.63, 3.8) is 0 Å². The van der Waals surface area contributed by atoms with Crippen molar-refractivity contribution >= 4 is 11.9 Å². The molecule has 1 heterocycles. The van der Waals surface area contributed by atoms with Crippen LogP contribution in [0, 0.1) is 0 Å². The van der Waals surface area contributed by atoms with Crippen LogP contribution in [0.2, 0.25) is 0 Å². The zero-order valence-electron chi connectivity index (χ0n) is 14.6. The number of amides is 1. The van der Waals surface area contributed by atoms with Crippen LogP contribution in [0.25, 0.3) is 0 Å². The van der Waals surface area contributed by atoms with Gasteiger partial charge in [-0.3, -0.25) is 9.59 Å². The van der Waals surface area contributed by atoms with Crippen molar-refractivity contribution in [3.05, 3.63) is 71.3 Å². The monoisotopic (exact) mass is 391 g/mol. The van der Waals surface area contributed by atoms with Gasteiger partial charge in [0.25, 0.3) is 5.91 Å². The Labute approximate surface area is 158 Å². The van der Waals surface area contributed by atoms with Crippen LogP contribution in [0.1, 0.15) is 21.5 Å². The predicted molar refractivity (Wildman–Crippen MR) is 92.7 cm³/mol. The zero-order chi connectivity index (χ0) is 20.4. The summed E-state index contributed by atoms with van der Waals surface area (Å²) in [6.07, 6.45) is -4.29. The third-order valence-electron chi connectivity index (χ3n) is 4.33. The second-order valence-electron chi connectivity index (χ2n) is 6.31. The maximum absolute atomic E-state index is 13.2. The molecular formula is C19H16F3N3O3. The number of carbonyl (C=O) groups excluding carboxylic acids is 1. The van der Waals surface area contributed by atoms with E-state index in [9.17, 15) is 22.8 Å². The Morgan fingerprint density at radius 2 is 1.71 bits per heavy atom. The van der Waals surface area contributed by atoms with E-state index in [0.29, 0.717) is 6.42 Å². The van der Waals surface area contributed by atoms with E-state index >= 15 is 0 Å². The van der Waals surface area contributed by atoms with Gasteiger partial charge in [-0.2, -0.15) is 13.2 Å². The number of carboxylic acids is 1. The molecule has 1 amide bonds. The number of benzene rings is 2. The van der Waals surface area contributed by atoms with Crippen LogP contribution in [-0.2, 0) is 16.9 Å². The molecule has 0 saturated heterocycles. The minimum Gasteiger partial charge on any atom is -0.480 e. The summed E-state index contributed by atoms with van der Waals surface area (Å²) in [6.45, 7) is -0.451. The summed E-state index contributed by atoms with van der Waals surface area (Å²) in [7, 11) is 0. The van der Waals surface area contributed by atoms with Crippen LogP contribution in [0.3, 0.4) is 0 Å². The van der Waals surface area contributed by atoms with Crippen molar-refractivity contribution in [2.24, 2.45) is 10.2 Å². The molecule has 0 atom stereocenters. The predicted octanol–water partition coefficient (Wildman–Crippen LogP) is 3.64. The Balaban J connectivity index is 1.81. The van der Waals surface area contributed by atoms with Crippen molar-refractivity contribution in [1.82, 2.24) is 4.90 Å². The molecule has 3 rings (SSSR count). The van der Waals surface area contributed by atoms with E-state index in [4.69, 9.17) is 5.11 Å². The molecule has 0 aromatic heterocycles. The molecule has 0 unspecified atom stereocenters. The Morgan fingerprint density at radius 1 is 1.04 bits per heavy atom. The molecular weight excluding hydrogens is 375 g/mol. The van der Waals surface area contributed by atoms with Gasteiger partial charge in [-0.25, -0.2) is 0 Å². The smallest absolute Gasteiger partial charge is 0.442 e. The molecule has 1 aliphatic heterocycles. The Kier molecular flexibility index (Phi) is 5.17. The van der Waals surface area contributed by atoms with Gasteiger partial charge >= 0.3 is 17.8 Å². The van der Waals surface area contributed by atoms with E-state index in [1.807, 2.05) is 30.3 Å². The lowest BCUT2D eigenvalue weighted by molar-refractivity contribution is -0.166. The number of nitrogens with zero attached hydrogens (tertiary/aromatic N) is 3. The summed E-state index contributed by atoms with van der Waals surface area (Å²) in [5, 5.41) is 15.4. The molecule has 0 bridgehead atoms. The highest BCUT2D eigenvalue weighted by Crippen LogP contribution is 2.52. The summed E-state index contributed by atoms with van der Waals surface area (Å²) in [6, 6.07) is 14.1. The van der Waals surface area contributed by atoms with Crippen LogP contribution in [0.4, 0.5) is 13.2 Å². The Hall–Kier alpha value is -3.23. The summed E-state index contributed by atoms with van der Waals surface area (Å²) in [5.74, 6) is -1.88. The largest absolute Gasteiger partial charge is 0.480 e. The van der Waals surface area contributed by atoms with Crippen LogP contribution >= 0.6 is 0 Å². The Morgan fingerprint density at radius 3 is 2.29 bits per heavy atom. The minimum atomic E-state index is -4.71. The van der Waals surface area contributed by atoms with Gasteiger partial charge in [0.2, 0.25) is 0 Å². The normalized spacial score (nSPS) is 14.5. The van der Waals surface area contributed by atoms with Gasteiger partial charge in [-0.15, -0.1) is 10.2 Å². The van der Waals surface area contributed by atoms with Crippen molar-refractivity contribution in [1.29, 1.82) is 0 Å². The van der Waals surface area contributed by atoms with Gasteiger partial charge in [0.1, 0.15) is 6.54 Å². The van der Waals surface area contributed by atoms with Gasteiger partial charge < -0.3 is 10.0 Å². The van der Waals surface area contributed by atoms with E-state index in [1.165, 1.54) is 18.2 Å². The fourth-order valence-corrected chi connectivity index (χ4v) is 2.82. The first-order valence-corrected chi connectivity index (χ1v) is 8.39. The lowest BCUT2D eigenvalue weighted by atomic mass is 10.00. The zero-order valence-corrected chi connectivity index (χ0v) is 14.6. The molecule has 0 radical (unpaired) electrons. The number of hydrogen-bond donors (Lipinski definition) is 1. The number of carbonyl (C=O) groups is 2. The van der Waals surface area contributed by atoms with E-state index in [-0.39, 0.29) is 17.7 Å². The third-order valence-corrected chi connectivity index (χ3v) is 4.33. The van der Waals surface area contributed by atoms with Gasteiger partial charge in [-0.05, 0) is 24.1 Å². The van der Waals surface area contributed by atoms with Crippen molar-refractivity contribution < 1.29 is 27.9 Å². The highest BCUT2D eigenvalue weighted by molar-refractivity contribution is 5.96. The maximum Gasteiger partial charge on any atom is 0.442 e. The first-order chi connectivity index (χ1) is 13.2. The minimum absolute atomic E-state index is 0.0484. The van der Waals surface area contributed by atoms with Crippen LogP contribution < -0.4 is 0 Å². The summed E-state index contributed by atoms with van der Waals surface area (Å²) >= 11 is 0. The number of hydrogen-bond acceptors (Lipinski definition) is 4. The molecule has 0 aliphatic carbocycles. The van der Waals surface area contributed by atoms with Crippen molar-refractivity contribution in [3.8, 4) is 0 Å². The molecule has 28 heavy (non-hydrogen) atoms. The Bertz CT molecular complexity index is 907. The van der Waals surface area contributed by atoms with Gasteiger partial charge in [0.15, 0.2) is 0 Å². The third kappa shape index (κ3) is 4.03. The number of halogens is 3. The molecule has 9 heteroatoms. The highest BCUT2D eigenvalue weighted by Gasteiger charge is 2.65. The van der Waals surface area contributed by atoms with Gasteiger partial charge in [0.05, 0.1) is 0 Å². The van der Waals surface area contributed by atoms with E-state index in [1.54, 1.807) is 0 Å². The molecule has 0 saturated carbocycles. The molecule has 0 spiro atoms. The number of carboxylic acid groups (broad SMARTS) is 1. The second kappa shape index (κ2) is 7.41. The van der Waals surface area contributed by atoms with E-state index < -0.39 is 30.3 Å². The fraction of sp³-hybridized carbons (Fsp3) is 0.263. The van der Waals surface area contributed by atoms with Crippen LogP contribution in [0.15, 0.2) is 64.8 Å². The second-order valence-corrected chi connectivity index (χ2v) is 6.31. The summed E-state index contributed by atoms with van der Waals surface area (Å²) in [4.78, 5) is 25.0. The molecule has 2 aromatic carbocycles. The van der Waals surface area contributed by atoms with Crippen LogP contribution in [-0.4, -0.2) is 41.1 Å². The number of rotatable bonds is 7. The average molecular weight is 391 g/mol. The lowest BCUT2D eigenvalue weighted by Crippen LogP contribution is -2.37. The number of alkyl halides is 3. The highest BCUT2D eigenvalue weighted by atomic mass is 19.4. The average Bonchev–Trinajstić information content (AvgIpc) is 3.47. The molecule has 146 valence electrons. The topological polar surface area (TPSA) is 82.3 Å². The van der Waals surface area contributed by atoms with Gasteiger partial charge in [0, 0.05) is 17.7 Å². The molecule has 2 aromatic rings. The lowest BCUT2D eigenvalue weighted by Gasteiger charge is -2.22. The molecule has 0 fully saturated rings. The molecule has 1 aliphatic rings. The first kappa shape index (κ1) is 19.5. The standard InChI is InChI=1S/C19H16F3N3O3/c20-19(21,22)18(23-24-18)15-8-4-7-14(11-15)17(28)25(12-16(26)27)10-9-13-5-2-1-3-6-13/h1-8,11H,9-10,12H2,(H,26,27).